The van der Waals surface area contributed by atoms with Gasteiger partial charge in [0.25, 0.3) is 5.91 Å². The monoisotopic (exact) mass is 358 g/mol. The zero-order valence-corrected chi connectivity index (χ0v) is 15.1. The summed E-state index contributed by atoms with van der Waals surface area (Å²) in [6.07, 6.45) is 8.49. The molecule has 0 aliphatic heterocycles. The third kappa shape index (κ3) is 3.76. The van der Waals surface area contributed by atoms with Gasteiger partial charge in [-0.05, 0) is 86.0 Å². The summed E-state index contributed by atoms with van der Waals surface area (Å²) in [5.74, 6) is 2.05. The second-order valence-electron chi connectivity index (χ2n) is 8.71. The van der Waals surface area contributed by atoms with Gasteiger partial charge >= 0.3 is 0 Å². The number of halogens is 1. The predicted octanol–water partition coefficient (Wildman–Crippen LogP) is 3.28. The van der Waals surface area contributed by atoms with Gasteiger partial charge in [0.05, 0.1) is 0 Å². The molecule has 4 saturated carbocycles. The van der Waals surface area contributed by atoms with Gasteiger partial charge in [-0.15, -0.1) is 0 Å². The van der Waals surface area contributed by atoms with Gasteiger partial charge in [-0.3, -0.25) is 9.59 Å². The zero-order valence-electron chi connectivity index (χ0n) is 15.1. The molecule has 4 aliphatic rings. The van der Waals surface area contributed by atoms with Gasteiger partial charge in [0, 0.05) is 25.1 Å². The maximum Gasteiger partial charge on any atom is 0.251 e. The van der Waals surface area contributed by atoms with E-state index in [0.717, 1.165) is 17.8 Å². The third-order valence-corrected chi connectivity index (χ3v) is 6.54. The Bertz CT molecular complexity index is 650. The molecule has 0 saturated heterocycles. The number of rotatable bonds is 6. The molecule has 4 fully saturated rings. The molecule has 26 heavy (non-hydrogen) atoms. The first-order chi connectivity index (χ1) is 12.5. The summed E-state index contributed by atoms with van der Waals surface area (Å²) in [4.78, 5) is 24.4. The molecule has 2 amide bonds. The van der Waals surface area contributed by atoms with Crippen molar-refractivity contribution in [1.29, 1.82) is 0 Å². The van der Waals surface area contributed by atoms with Crippen molar-refractivity contribution >= 4 is 11.8 Å². The van der Waals surface area contributed by atoms with E-state index in [2.05, 4.69) is 10.6 Å². The first-order valence-electron chi connectivity index (χ1n) is 9.82. The van der Waals surface area contributed by atoms with E-state index in [1.54, 1.807) is 0 Å². The van der Waals surface area contributed by atoms with Crippen LogP contribution in [0.5, 0.6) is 0 Å². The van der Waals surface area contributed by atoms with Crippen molar-refractivity contribution in [3.05, 3.63) is 35.6 Å². The smallest absolute Gasteiger partial charge is 0.251 e. The quantitative estimate of drug-likeness (QED) is 0.767. The first kappa shape index (κ1) is 17.5. The highest BCUT2D eigenvalue weighted by Gasteiger charge is 2.51. The van der Waals surface area contributed by atoms with Crippen LogP contribution in [-0.4, -0.2) is 24.9 Å². The average Bonchev–Trinajstić information content (AvgIpc) is 2.57. The van der Waals surface area contributed by atoms with Gasteiger partial charge in [0.1, 0.15) is 5.82 Å². The second kappa shape index (κ2) is 7.01. The fourth-order valence-electron chi connectivity index (χ4n) is 5.99. The molecule has 140 valence electrons. The fourth-order valence-corrected chi connectivity index (χ4v) is 5.99. The lowest BCUT2D eigenvalue weighted by molar-refractivity contribution is -0.129. The first-order valence-corrected chi connectivity index (χ1v) is 9.82. The van der Waals surface area contributed by atoms with Crippen molar-refractivity contribution in [3.63, 3.8) is 0 Å². The molecule has 0 unspecified atom stereocenters. The molecule has 1 aromatic rings. The van der Waals surface area contributed by atoms with Crippen molar-refractivity contribution in [2.75, 3.05) is 13.1 Å². The lowest BCUT2D eigenvalue weighted by atomic mass is 9.49. The van der Waals surface area contributed by atoms with Crippen LogP contribution in [0.3, 0.4) is 0 Å². The van der Waals surface area contributed by atoms with Crippen LogP contribution in [0.2, 0.25) is 0 Å². The Morgan fingerprint density at radius 2 is 1.46 bits per heavy atom. The van der Waals surface area contributed by atoms with E-state index in [0.29, 0.717) is 25.1 Å². The predicted molar refractivity (Wildman–Crippen MR) is 97.0 cm³/mol. The standard InChI is InChI=1S/C21H27FN2O2/c22-18-3-1-17(2-4-18)20(26)24-6-5-23-19(25)13-21-10-14-7-15(11-21)9-16(8-14)12-21/h1-4,14-16H,5-13H2,(H,23,25)(H,24,26). The van der Waals surface area contributed by atoms with Gasteiger partial charge in [-0.25, -0.2) is 4.39 Å². The summed E-state index contributed by atoms with van der Waals surface area (Å²) >= 11 is 0. The van der Waals surface area contributed by atoms with Crippen molar-refractivity contribution in [1.82, 2.24) is 10.6 Å². The van der Waals surface area contributed by atoms with Crippen LogP contribution in [-0.2, 0) is 4.79 Å². The number of amides is 2. The zero-order chi connectivity index (χ0) is 18.1. The summed E-state index contributed by atoms with van der Waals surface area (Å²) in [5, 5.41) is 5.72. The summed E-state index contributed by atoms with van der Waals surface area (Å²) in [5.41, 5.74) is 0.669. The molecule has 1 aromatic carbocycles. The maximum atomic E-state index is 12.9. The number of nitrogens with one attached hydrogen (secondary N) is 2. The number of carbonyl (C=O) groups is 2. The third-order valence-electron chi connectivity index (χ3n) is 6.54. The molecule has 0 radical (unpaired) electrons. The maximum absolute atomic E-state index is 12.9. The van der Waals surface area contributed by atoms with Crippen LogP contribution in [0.15, 0.2) is 24.3 Å². The molecule has 0 heterocycles. The van der Waals surface area contributed by atoms with E-state index in [-0.39, 0.29) is 23.0 Å². The fraction of sp³-hybridized carbons (Fsp3) is 0.619. The number of benzene rings is 1. The van der Waals surface area contributed by atoms with Crippen molar-refractivity contribution < 1.29 is 14.0 Å². The Kier molecular flexibility index (Phi) is 4.72. The van der Waals surface area contributed by atoms with Crippen LogP contribution < -0.4 is 10.6 Å². The number of hydrogen-bond acceptors (Lipinski definition) is 2. The van der Waals surface area contributed by atoms with Crippen LogP contribution in [0.4, 0.5) is 4.39 Å². The second-order valence-corrected chi connectivity index (χ2v) is 8.71. The van der Waals surface area contributed by atoms with E-state index < -0.39 is 0 Å². The van der Waals surface area contributed by atoms with Gasteiger partial charge in [-0.1, -0.05) is 0 Å². The van der Waals surface area contributed by atoms with Crippen LogP contribution in [0, 0.1) is 29.0 Å². The molecule has 4 bridgehead atoms. The Hall–Kier alpha value is -1.91. The van der Waals surface area contributed by atoms with Gasteiger partial charge < -0.3 is 10.6 Å². The van der Waals surface area contributed by atoms with E-state index in [9.17, 15) is 14.0 Å². The summed E-state index contributed by atoms with van der Waals surface area (Å²) in [6, 6.07) is 5.44. The normalized spacial score (nSPS) is 31.7. The molecule has 2 N–H and O–H groups in total. The Morgan fingerprint density at radius 3 is 2.04 bits per heavy atom. The molecular weight excluding hydrogens is 331 g/mol. The lowest BCUT2D eigenvalue weighted by Crippen LogP contribution is -2.48. The SMILES string of the molecule is O=C(CC12CC3CC(CC(C3)C1)C2)NCCNC(=O)c1ccc(F)cc1. The summed E-state index contributed by atoms with van der Waals surface area (Å²) in [7, 11) is 0. The van der Waals surface area contributed by atoms with E-state index in [4.69, 9.17) is 0 Å². The molecule has 0 atom stereocenters. The largest absolute Gasteiger partial charge is 0.354 e. The molecule has 5 heteroatoms. The van der Waals surface area contributed by atoms with E-state index in [1.807, 2.05) is 0 Å². The van der Waals surface area contributed by atoms with Crippen molar-refractivity contribution in [2.24, 2.45) is 23.2 Å². The van der Waals surface area contributed by atoms with Gasteiger partial charge in [0.2, 0.25) is 5.91 Å². The Balaban J connectivity index is 1.20. The van der Waals surface area contributed by atoms with Crippen LogP contribution in [0.1, 0.15) is 55.3 Å². The molecular formula is C21H27FN2O2. The van der Waals surface area contributed by atoms with E-state index >= 15 is 0 Å². The average molecular weight is 358 g/mol. The Morgan fingerprint density at radius 1 is 0.923 bits per heavy atom. The highest BCUT2D eigenvalue weighted by Crippen LogP contribution is 2.61. The Labute approximate surface area is 153 Å². The van der Waals surface area contributed by atoms with E-state index in [1.165, 1.54) is 62.8 Å². The molecule has 4 aliphatic carbocycles. The molecule has 0 aromatic heterocycles. The minimum atomic E-state index is -0.363. The molecule has 5 rings (SSSR count). The highest BCUT2D eigenvalue weighted by atomic mass is 19.1. The van der Waals surface area contributed by atoms with Gasteiger partial charge in [-0.2, -0.15) is 0 Å². The number of carbonyl (C=O) groups excluding carboxylic acids is 2. The van der Waals surface area contributed by atoms with Crippen molar-refractivity contribution in [3.8, 4) is 0 Å². The minimum absolute atomic E-state index is 0.114. The molecule has 0 spiro atoms. The lowest BCUT2D eigenvalue weighted by Gasteiger charge is -2.56. The topological polar surface area (TPSA) is 58.2 Å². The number of hydrogen-bond donors (Lipinski definition) is 2. The minimum Gasteiger partial charge on any atom is -0.354 e. The summed E-state index contributed by atoms with van der Waals surface area (Å²) < 4.78 is 12.9. The van der Waals surface area contributed by atoms with Gasteiger partial charge in [0.15, 0.2) is 0 Å². The molecule has 4 nitrogen and oxygen atoms in total. The van der Waals surface area contributed by atoms with Crippen molar-refractivity contribution in [2.45, 2.75) is 44.9 Å². The highest BCUT2D eigenvalue weighted by molar-refractivity contribution is 5.94. The summed E-state index contributed by atoms with van der Waals surface area (Å²) in [6.45, 7) is 0.807. The van der Waals surface area contributed by atoms with Crippen LogP contribution in [0.25, 0.3) is 0 Å². The van der Waals surface area contributed by atoms with Crippen LogP contribution >= 0.6 is 0 Å².